The number of ether oxygens (including phenoxy) is 2. The fourth-order valence-electron chi connectivity index (χ4n) is 2.33. The smallest absolute Gasteiger partial charge is 0.209 e. The Morgan fingerprint density at radius 1 is 1.00 bits per heavy atom. The summed E-state index contributed by atoms with van der Waals surface area (Å²) in [5.41, 5.74) is 1.21. The van der Waals surface area contributed by atoms with Crippen molar-refractivity contribution in [1.29, 1.82) is 0 Å². The molecule has 0 saturated heterocycles. The predicted molar refractivity (Wildman–Crippen MR) is 81.4 cm³/mol. The molecule has 0 amide bonds. The number of hydrogen-bond donors (Lipinski definition) is 0. The number of rotatable bonds is 3. The van der Waals surface area contributed by atoms with Crippen molar-refractivity contribution in [2.24, 2.45) is 15.9 Å². The zero-order valence-electron chi connectivity index (χ0n) is 12.5. The number of methoxy groups -OCH3 is 2. The molecule has 0 aromatic heterocycles. The van der Waals surface area contributed by atoms with Crippen molar-refractivity contribution in [3.8, 4) is 0 Å². The highest BCUT2D eigenvalue weighted by Crippen LogP contribution is 2.19. The van der Waals surface area contributed by atoms with Crippen molar-refractivity contribution in [2.75, 3.05) is 14.2 Å². The summed E-state index contributed by atoms with van der Waals surface area (Å²) in [5.74, 6) is 1.71. The maximum atomic E-state index is 5.44. The second-order valence-electron chi connectivity index (χ2n) is 5.24. The highest BCUT2D eigenvalue weighted by molar-refractivity contribution is 5.94. The number of hydrogen-bond acceptors (Lipinski definition) is 4. The van der Waals surface area contributed by atoms with Crippen LogP contribution in [0.25, 0.3) is 0 Å². The van der Waals surface area contributed by atoms with Crippen LogP contribution in [0.2, 0.25) is 0 Å². The predicted octanol–water partition coefficient (Wildman–Crippen LogP) is 2.73. The zero-order valence-corrected chi connectivity index (χ0v) is 12.5. The Bertz CT molecular complexity index is 494. The van der Waals surface area contributed by atoms with Gasteiger partial charge < -0.3 is 9.47 Å². The third kappa shape index (κ3) is 3.18. The largest absolute Gasteiger partial charge is 0.483 e. The van der Waals surface area contributed by atoms with Crippen molar-refractivity contribution >= 4 is 11.8 Å². The Balaban J connectivity index is 2.23. The highest BCUT2D eigenvalue weighted by Gasteiger charge is 2.30. The summed E-state index contributed by atoms with van der Waals surface area (Å²) in [6.45, 7) is 4.21. The van der Waals surface area contributed by atoms with E-state index in [1.807, 2.05) is 18.2 Å². The topological polar surface area (TPSA) is 43.2 Å². The lowest BCUT2D eigenvalue weighted by molar-refractivity contribution is 0.332. The lowest BCUT2D eigenvalue weighted by Gasteiger charge is -2.27. The Hall–Kier alpha value is -1.84. The van der Waals surface area contributed by atoms with E-state index in [1.54, 1.807) is 14.2 Å². The SMILES string of the molecule is COC1=N[C@@H](C(C)C)C(OC)=NC1Cc1ccccc1. The van der Waals surface area contributed by atoms with Crippen molar-refractivity contribution in [3.63, 3.8) is 0 Å². The molecule has 4 nitrogen and oxygen atoms in total. The monoisotopic (exact) mass is 274 g/mol. The molecule has 1 heterocycles. The summed E-state index contributed by atoms with van der Waals surface area (Å²) in [6, 6.07) is 10.1. The Morgan fingerprint density at radius 3 is 2.20 bits per heavy atom. The molecule has 0 saturated carbocycles. The van der Waals surface area contributed by atoms with E-state index < -0.39 is 0 Å². The molecule has 1 aromatic carbocycles. The van der Waals surface area contributed by atoms with E-state index in [0.29, 0.717) is 17.7 Å². The molecular formula is C16H22N2O2. The maximum Gasteiger partial charge on any atom is 0.209 e. The Labute approximate surface area is 120 Å². The standard InChI is InChI=1S/C16H22N2O2/c1-11(2)14-16(20-4)17-13(15(18-14)19-3)10-12-8-6-5-7-9-12/h5-9,11,13-14H,10H2,1-4H3/t13?,14-/m0/s1. The normalized spacial score (nSPS) is 22.2. The Morgan fingerprint density at radius 2 is 1.65 bits per heavy atom. The second kappa shape index (κ2) is 6.55. The first kappa shape index (κ1) is 14.6. The fraction of sp³-hybridized carbons (Fsp3) is 0.500. The van der Waals surface area contributed by atoms with Crippen LogP contribution in [-0.2, 0) is 15.9 Å². The van der Waals surface area contributed by atoms with Crippen LogP contribution >= 0.6 is 0 Å². The molecule has 1 aromatic rings. The first-order chi connectivity index (χ1) is 9.65. The Kier molecular flexibility index (Phi) is 4.77. The first-order valence-corrected chi connectivity index (χ1v) is 6.93. The molecule has 20 heavy (non-hydrogen) atoms. The van der Waals surface area contributed by atoms with Crippen molar-refractivity contribution in [2.45, 2.75) is 32.4 Å². The molecule has 108 valence electrons. The van der Waals surface area contributed by atoms with E-state index >= 15 is 0 Å². The lowest BCUT2D eigenvalue weighted by Crippen LogP contribution is -2.38. The molecule has 0 N–H and O–H groups in total. The molecule has 0 aliphatic carbocycles. The van der Waals surface area contributed by atoms with Crippen molar-refractivity contribution in [1.82, 2.24) is 0 Å². The van der Waals surface area contributed by atoms with Crippen LogP contribution in [0.5, 0.6) is 0 Å². The summed E-state index contributed by atoms with van der Waals surface area (Å²) in [7, 11) is 3.31. The lowest BCUT2D eigenvalue weighted by atomic mass is 10.0. The molecule has 1 unspecified atom stereocenters. The van der Waals surface area contributed by atoms with Gasteiger partial charge in [-0.2, -0.15) is 0 Å². The molecule has 2 rings (SSSR count). The van der Waals surface area contributed by atoms with Gasteiger partial charge in [0.15, 0.2) is 0 Å². The molecular weight excluding hydrogens is 252 g/mol. The van der Waals surface area contributed by atoms with E-state index in [-0.39, 0.29) is 12.1 Å². The van der Waals surface area contributed by atoms with Crippen LogP contribution < -0.4 is 0 Å². The molecule has 2 atom stereocenters. The zero-order chi connectivity index (χ0) is 14.5. The third-order valence-electron chi connectivity index (χ3n) is 3.41. The van der Waals surface area contributed by atoms with Gasteiger partial charge in [-0.1, -0.05) is 44.2 Å². The van der Waals surface area contributed by atoms with E-state index in [0.717, 1.165) is 6.42 Å². The number of nitrogens with zero attached hydrogens (tertiary/aromatic N) is 2. The van der Waals surface area contributed by atoms with Gasteiger partial charge in [0, 0.05) is 6.42 Å². The average molecular weight is 274 g/mol. The average Bonchev–Trinajstić information content (AvgIpc) is 2.47. The molecule has 0 fully saturated rings. The van der Waals surface area contributed by atoms with Gasteiger partial charge in [0.2, 0.25) is 11.8 Å². The summed E-state index contributed by atoms with van der Waals surface area (Å²) >= 11 is 0. The third-order valence-corrected chi connectivity index (χ3v) is 3.41. The van der Waals surface area contributed by atoms with E-state index in [2.05, 4.69) is 36.0 Å². The highest BCUT2D eigenvalue weighted by atomic mass is 16.5. The van der Waals surface area contributed by atoms with Crippen LogP contribution in [-0.4, -0.2) is 38.1 Å². The van der Waals surface area contributed by atoms with Gasteiger partial charge in [0.25, 0.3) is 0 Å². The summed E-state index contributed by atoms with van der Waals surface area (Å²) in [4.78, 5) is 9.36. The molecule has 0 bridgehead atoms. The van der Waals surface area contributed by atoms with Gasteiger partial charge in [-0.3, -0.25) is 0 Å². The van der Waals surface area contributed by atoms with Gasteiger partial charge in [0.1, 0.15) is 12.1 Å². The van der Waals surface area contributed by atoms with E-state index in [9.17, 15) is 0 Å². The van der Waals surface area contributed by atoms with Gasteiger partial charge >= 0.3 is 0 Å². The fourth-order valence-corrected chi connectivity index (χ4v) is 2.33. The second-order valence-corrected chi connectivity index (χ2v) is 5.24. The minimum atomic E-state index is -0.104. The molecule has 1 aliphatic heterocycles. The minimum absolute atomic E-state index is 0.0537. The van der Waals surface area contributed by atoms with E-state index in [1.165, 1.54) is 5.56 Å². The molecule has 4 heteroatoms. The molecule has 1 aliphatic rings. The number of aliphatic imine (C=N–C) groups is 2. The summed E-state index contributed by atoms with van der Waals surface area (Å²) in [6.07, 6.45) is 0.769. The molecule has 0 radical (unpaired) electrons. The molecule has 0 spiro atoms. The van der Waals surface area contributed by atoms with E-state index in [4.69, 9.17) is 9.47 Å². The van der Waals surface area contributed by atoms with Crippen molar-refractivity contribution in [3.05, 3.63) is 35.9 Å². The summed E-state index contributed by atoms with van der Waals surface area (Å²) < 4.78 is 10.8. The van der Waals surface area contributed by atoms with Crippen LogP contribution in [0.1, 0.15) is 19.4 Å². The summed E-state index contributed by atoms with van der Waals surface area (Å²) in [5, 5.41) is 0. The van der Waals surface area contributed by atoms with Crippen LogP contribution in [0.15, 0.2) is 40.3 Å². The van der Waals surface area contributed by atoms with Gasteiger partial charge in [-0.05, 0) is 11.5 Å². The maximum absolute atomic E-state index is 5.44. The van der Waals surface area contributed by atoms with Crippen LogP contribution in [0.3, 0.4) is 0 Å². The van der Waals surface area contributed by atoms with Crippen LogP contribution in [0.4, 0.5) is 0 Å². The quantitative estimate of drug-likeness (QED) is 0.850. The van der Waals surface area contributed by atoms with Gasteiger partial charge in [0.05, 0.1) is 14.2 Å². The minimum Gasteiger partial charge on any atom is -0.483 e. The first-order valence-electron chi connectivity index (χ1n) is 6.93. The number of benzene rings is 1. The van der Waals surface area contributed by atoms with Gasteiger partial charge in [-0.25, -0.2) is 9.98 Å². The van der Waals surface area contributed by atoms with Crippen LogP contribution in [0, 0.1) is 5.92 Å². The van der Waals surface area contributed by atoms with Gasteiger partial charge in [-0.15, -0.1) is 0 Å². The van der Waals surface area contributed by atoms with Crippen molar-refractivity contribution < 1.29 is 9.47 Å².